The average Bonchev–Trinajstić information content (AvgIpc) is 2.69. The lowest BCUT2D eigenvalue weighted by Crippen LogP contribution is -2.12. The Labute approximate surface area is 115 Å². The SMILES string of the molecule is C#Cc1cccc(NS(=O)(=O)c2sc(N)nc2C)c1. The summed E-state index contributed by atoms with van der Waals surface area (Å²) in [5, 5.41) is 0.218. The fourth-order valence-corrected chi connectivity index (χ4v) is 3.88. The first-order valence-electron chi connectivity index (χ1n) is 5.25. The van der Waals surface area contributed by atoms with Crippen LogP contribution < -0.4 is 10.5 Å². The zero-order valence-corrected chi connectivity index (χ0v) is 11.7. The first-order chi connectivity index (χ1) is 8.92. The lowest BCUT2D eigenvalue weighted by molar-refractivity contribution is 0.602. The molecular weight excluding hydrogens is 282 g/mol. The van der Waals surface area contributed by atoms with Crippen LogP contribution in [-0.4, -0.2) is 13.4 Å². The molecule has 3 N–H and O–H groups in total. The van der Waals surface area contributed by atoms with E-state index in [2.05, 4.69) is 15.6 Å². The second-order valence-electron chi connectivity index (χ2n) is 3.76. The molecule has 19 heavy (non-hydrogen) atoms. The van der Waals surface area contributed by atoms with Gasteiger partial charge in [-0.3, -0.25) is 4.72 Å². The Morgan fingerprint density at radius 1 is 1.47 bits per heavy atom. The number of sulfonamides is 1. The molecule has 0 unspecified atom stereocenters. The largest absolute Gasteiger partial charge is 0.375 e. The number of hydrogen-bond acceptors (Lipinski definition) is 5. The van der Waals surface area contributed by atoms with Gasteiger partial charge in [0.1, 0.15) is 0 Å². The number of nitrogens with zero attached hydrogens (tertiary/aromatic N) is 1. The maximum absolute atomic E-state index is 12.2. The van der Waals surface area contributed by atoms with E-state index >= 15 is 0 Å². The zero-order valence-electron chi connectivity index (χ0n) is 10.0. The molecule has 0 saturated heterocycles. The third-order valence-corrected chi connectivity index (χ3v) is 5.27. The summed E-state index contributed by atoms with van der Waals surface area (Å²) in [7, 11) is -3.69. The van der Waals surface area contributed by atoms with Crippen LogP contribution >= 0.6 is 11.3 Å². The number of benzene rings is 1. The van der Waals surface area contributed by atoms with E-state index in [1.165, 1.54) is 0 Å². The molecule has 0 radical (unpaired) electrons. The van der Waals surface area contributed by atoms with E-state index in [1.54, 1.807) is 31.2 Å². The van der Waals surface area contributed by atoms with Gasteiger partial charge in [0.2, 0.25) is 0 Å². The van der Waals surface area contributed by atoms with Gasteiger partial charge in [0.15, 0.2) is 9.34 Å². The van der Waals surface area contributed by atoms with Gasteiger partial charge in [0.05, 0.1) is 11.4 Å². The molecule has 0 saturated carbocycles. The first-order valence-corrected chi connectivity index (χ1v) is 7.55. The Morgan fingerprint density at radius 3 is 2.79 bits per heavy atom. The number of terminal acetylenes is 1. The molecule has 98 valence electrons. The molecule has 0 aliphatic heterocycles. The molecule has 1 aromatic carbocycles. The smallest absolute Gasteiger partial charge is 0.273 e. The van der Waals surface area contributed by atoms with Gasteiger partial charge in [-0.2, -0.15) is 0 Å². The third kappa shape index (κ3) is 2.86. The summed E-state index contributed by atoms with van der Waals surface area (Å²) < 4.78 is 26.9. The van der Waals surface area contributed by atoms with Crippen molar-refractivity contribution in [2.24, 2.45) is 0 Å². The van der Waals surface area contributed by atoms with Gasteiger partial charge in [0.25, 0.3) is 10.0 Å². The number of thiazole rings is 1. The maximum Gasteiger partial charge on any atom is 0.273 e. The molecule has 0 bridgehead atoms. The van der Waals surface area contributed by atoms with E-state index in [0.29, 0.717) is 16.9 Å². The van der Waals surface area contributed by atoms with Gasteiger partial charge in [-0.1, -0.05) is 23.3 Å². The number of anilines is 2. The molecule has 5 nitrogen and oxygen atoms in total. The predicted octanol–water partition coefficient (Wildman–Crippen LogP) is 1.82. The van der Waals surface area contributed by atoms with Crippen molar-refractivity contribution in [1.82, 2.24) is 4.98 Å². The summed E-state index contributed by atoms with van der Waals surface area (Å²) in [6, 6.07) is 6.60. The van der Waals surface area contributed by atoms with Crippen LogP contribution in [0.3, 0.4) is 0 Å². The fourth-order valence-electron chi connectivity index (χ4n) is 1.53. The minimum absolute atomic E-state index is 0.108. The third-order valence-electron chi connectivity index (χ3n) is 2.30. The molecule has 1 heterocycles. The lowest BCUT2D eigenvalue weighted by atomic mass is 10.2. The summed E-state index contributed by atoms with van der Waals surface area (Å²) >= 11 is 0.926. The maximum atomic E-state index is 12.2. The summed E-state index contributed by atoms with van der Waals surface area (Å²) in [6.07, 6.45) is 5.27. The van der Waals surface area contributed by atoms with Crippen LogP contribution in [0.1, 0.15) is 11.3 Å². The van der Waals surface area contributed by atoms with Crippen molar-refractivity contribution >= 4 is 32.2 Å². The number of nitrogens with two attached hydrogens (primary N) is 1. The molecular formula is C12H11N3O2S2. The number of aromatic nitrogens is 1. The van der Waals surface area contributed by atoms with Crippen LogP contribution in [0.15, 0.2) is 28.5 Å². The topological polar surface area (TPSA) is 85.1 Å². The quantitative estimate of drug-likeness (QED) is 0.845. The summed E-state index contributed by atoms with van der Waals surface area (Å²) in [6.45, 7) is 1.60. The fraction of sp³-hybridized carbons (Fsp3) is 0.0833. The van der Waals surface area contributed by atoms with Crippen molar-refractivity contribution in [2.45, 2.75) is 11.1 Å². The predicted molar refractivity (Wildman–Crippen MR) is 76.4 cm³/mol. The van der Waals surface area contributed by atoms with E-state index in [9.17, 15) is 8.42 Å². The van der Waals surface area contributed by atoms with Crippen molar-refractivity contribution < 1.29 is 8.42 Å². The van der Waals surface area contributed by atoms with Gasteiger partial charge in [-0.15, -0.1) is 6.42 Å². The number of nitrogens with one attached hydrogen (secondary N) is 1. The highest BCUT2D eigenvalue weighted by Crippen LogP contribution is 2.27. The molecule has 2 rings (SSSR count). The van der Waals surface area contributed by atoms with Crippen LogP contribution in [0.4, 0.5) is 10.8 Å². The highest BCUT2D eigenvalue weighted by Gasteiger charge is 2.21. The van der Waals surface area contributed by atoms with Crippen LogP contribution in [0.25, 0.3) is 0 Å². The Hall–Kier alpha value is -2.04. The van der Waals surface area contributed by atoms with Gasteiger partial charge < -0.3 is 5.73 Å². The van der Waals surface area contributed by atoms with E-state index < -0.39 is 10.0 Å². The van der Waals surface area contributed by atoms with Crippen LogP contribution in [0.2, 0.25) is 0 Å². The minimum Gasteiger partial charge on any atom is -0.375 e. The van der Waals surface area contributed by atoms with Crippen LogP contribution in [0.5, 0.6) is 0 Å². The molecule has 1 aromatic heterocycles. The zero-order chi connectivity index (χ0) is 14.0. The van der Waals surface area contributed by atoms with Gasteiger partial charge in [0, 0.05) is 5.56 Å². The molecule has 0 aliphatic carbocycles. The van der Waals surface area contributed by atoms with Crippen molar-refractivity contribution in [3.8, 4) is 12.3 Å². The monoisotopic (exact) mass is 293 g/mol. The van der Waals surface area contributed by atoms with E-state index in [0.717, 1.165) is 11.3 Å². The number of rotatable bonds is 3. The molecule has 7 heteroatoms. The highest BCUT2D eigenvalue weighted by molar-refractivity contribution is 7.94. The highest BCUT2D eigenvalue weighted by atomic mass is 32.2. The summed E-state index contributed by atoms with van der Waals surface area (Å²) in [4.78, 5) is 3.90. The lowest BCUT2D eigenvalue weighted by Gasteiger charge is -2.06. The van der Waals surface area contributed by atoms with E-state index in [-0.39, 0.29) is 9.34 Å². The standard InChI is InChI=1S/C12H11N3O2S2/c1-3-9-5-4-6-10(7-9)15-19(16,17)11-8(2)14-12(13)18-11/h1,4-7,15H,2H3,(H2,13,14). The molecule has 0 fully saturated rings. The van der Waals surface area contributed by atoms with Crippen molar-refractivity contribution in [3.05, 3.63) is 35.5 Å². The van der Waals surface area contributed by atoms with Gasteiger partial charge in [-0.25, -0.2) is 13.4 Å². The molecule has 0 spiro atoms. The normalized spacial score (nSPS) is 10.9. The molecule has 0 aliphatic rings. The summed E-state index contributed by atoms with van der Waals surface area (Å²) in [5.41, 5.74) is 6.88. The van der Waals surface area contributed by atoms with Crippen molar-refractivity contribution in [2.75, 3.05) is 10.5 Å². The molecule has 2 aromatic rings. The van der Waals surface area contributed by atoms with Gasteiger partial charge in [-0.05, 0) is 25.1 Å². The Morgan fingerprint density at radius 2 is 2.21 bits per heavy atom. The van der Waals surface area contributed by atoms with E-state index in [1.807, 2.05) is 0 Å². The van der Waals surface area contributed by atoms with Crippen molar-refractivity contribution in [1.29, 1.82) is 0 Å². The van der Waals surface area contributed by atoms with Gasteiger partial charge >= 0.3 is 0 Å². The summed E-state index contributed by atoms with van der Waals surface area (Å²) in [5.74, 6) is 2.44. The molecule has 0 atom stereocenters. The Balaban J connectivity index is 2.37. The average molecular weight is 293 g/mol. The first kappa shape index (κ1) is 13.4. The Bertz CT molecular complexity index is 758. The Kier molecular flexibility index (Phi) is 3.46. The number of aryl methyl sites for hydroxylation is 1. The molecule has 0 amide bonds. The number of hydrogen-bond donors (Lipinski definition) is 2. The second-order valence-corrected chi connectivity index (χ2v) is 6.66. The second kappa shape index (κ2) is 4.91. The number of nitrogen functional groups attached to an aromatic ring is 1. The van der Waals surface area contributed by atoms with Crippen LogP contribution in [-0.2, 0) is 10.0 Å². The van der Waals surface area contributed by atoms with E-state index in [4.69, 9.17) is 12.2 Å². The minimum atomic E-state index is -3.69. The van der Waals surface area contributed by atoms with Crippen molar-refractivity contribution in [3.63, 3.8) is 0 Å². The van der Waals surface area contributed by atoms with Crippen LogP contribution in [0, 0.1) is 19.3 Å².